The molecule has 1 saturated heterocycles. The number of aryl methyl sites for hydroxylation is 1. The molecule has 0 amide bonds. The minimum atomic E-state index is 0.329. The van der Waals surface area contributed by atoms with E-state index in [1.165, 1.54) is 22.5 Å². The molecule has 0 spiro atoms. The smallest absolute Gasteiger partial charge is 0.123 e. The van der Waals surface area contributed by atoms with E-state index in [4.69, 9.17) is 14.6 Å². The molecule has 0 radical (unpaired) electrons. The Labute approximate surface area is 194 Å². The summed E-state index contributed by atoms with van der Waals surface area (Å²) in [6.07, 6.45) is 4.76. The van der Waals surface area contributed by atoms with Gasteiger partial charge < -0.3 is 19.5 Å². The molecular formula is C28H41NO3. The lowest BCUT2D eigenvalue weighted by Crippen LogP contribution is -2.35. The molecule has 0 saturated carbocycles. The van der Waals surface area contributed by atoms with E-state index in [0.29, 0.717) is 23.9 Å². The van der Waals surface area contributed by atoms with Gasteiger partial charge in [-0.15, -0.1) is 0 Å². The molecule has 2 aliphatic rings. The third-order valence-corrected chi connectivity index (χ3v) is 6.70. The van der Waals surface area contributed by atoms with Crippen molar-refractivity contribution in [3.63, 3.8) is 0 Å². The molecule has 1 N–H and O–H groups in total. The van der Waals surface area contributed by atoms with Gasteiger partial charge in [-0.3, -0.25) is 0 Å². The summed E-state index contributed by atoms with van der Waals surface area (Å²) >= 11 is 0. The van der Waals surface area contributed by atoms with Crippen molar-refractivity contribution in [2.24, 2.45) is 11.8 Å². The zero-order valence-corrected chi connectivity index (χ0v) is 20.5. The number of ether oxygens (including phenoxy) is 2. The number of hydrogen-bond acceptors (Lipinski definition) is 4. The summed E-state index contributed by atoms with van der Waals surface area (Å²) in [6, 6.07) is 15.9. The van der Waals surface area contributed by atoms with Crippen LogP contribution in [0.1, 0.15) is 64.0 Å². The van der Waals surface area contributed by atoms with Crippen LogP contribution in [0.2, 0.25) is 0 Å². The van der Waals surface area contributed by atoms with Crippen LogP contribution in [0, 0.1) is 11.8 Å². The topological polar surface area (TPSA) is 41.9 Å². The lowest BCUT2D eigenvalue weighted by molar-refractivity contribution is 0.00786. The first-order valence-electron chi connectivity index (χ1n) is 12.2. The van der Waals surface area contributed by atoms with Gasteiger partial charge in [0.15, 0.2) is 0 Å². The molecule has 176 valence electrons. The largest absolute Gasteiger partial charge is 0.490 e. The third-order valence-electron chi connectivity index (χ3n) is 6.70. The van der Waals surface area contributed by atoms with Crippen molar-refractivity contribution < 1.29 is 14.6 Å². The summed E-state index contributed by atoms with van der Waals surface area (Å²) in [5.41, 5.74) is 5.28. The first-order valence-corrected chi connectivity index (χ1v) is 12.2. The molecule has 2 atom stereocenters. The second kappa shape index (κ2) is 11.7. The van der Waals surface area contributed by atoms with Crippen molar-refractivity contribution in [3.8, 4) is 5.75 Å². The summed E-state index contributed by atoms with van der Waals surface area (Å²) in [6.45, 7) is 11.9. The van der Waals surface area contributed by atoms with Gasteiger partial charge >= 0.3 is 0 Å². The molecule has 4 heteroatoms. The minimum absolute atomic E-state index is 0.329. The molecular weight excluding hydrogens is 398 g/mol. The highest BCUT2D eigenvalue weighted by molar-refractivity contribution is 5.66. The van der Waals surface area contributed by atoms with E-state index in [-0.39, 0.29) is 0 Å². The van der Waals surface area contributed by atoms with Crippen molar-refractivity contribution in [1.82, 2.24) is 0 Å². The molecule has 0 aromatic heterocycles. The van der Waals surface area contributed by atoms with Gasteiger partial charge in [0, 0.05) is 44.2 Å². The van der Waals surface area contributed by atoms with Crippen molar-refractivity contribution in [2.75, 3.05) is 31.8 Å². The molecule has 2 heterocycles. The number of rotatable bonds is 6. The molecule has 0 aliphatic carbocycles. The van der Waals surface area contributed by atoms with E-state index in [9.17, 15) is 0 Å². The fourth-order valence-electron chi connectivity index (χ4n) is 4.90. The van der Waals surface area contributed by atoms with Crippen LogP contribution < -0.4 is 9.64 Å². The average Bonchev–Trinajstić information content (AvgIpc) is 2.84. The zero-order valence-electron chi connectivity index (χ0n) is 20.5. The van der Waals surface area contributed by atoms with Crippen LogP contribution in [0.25, 0.3) is 0 Å². The molecule has 4 nitrogen and oxygen atoms in total. The molecule has 2 aromatic carbocycles. The van der Waals surface area contributed by atoms with Crippen LogP contribution in [0.3, 0.4) is 0 Å². The lowest BCUT2D eigenvalue weighted by atomic mass is 9.83. The van der Waals surface area contributed by atoms with E-state index in [1.54, 1.807) is 0 Å². The first kappa shape index (κ1) is 24.6. The van der Waals surface area contributed by atoms with Crippen LogP contribution in [-0.4, -0.2) is 38.1 Å². The van der Waals surface area contributed by atoms with Crippen molar-refractivity contribution in [3.05, 3.63) is 53.6 Å². The maximum Gasteiger partial charge on any atom is 0.123 e. The summed E-state index contributed by atoms with van der Waals surface area (Å²) < 4.78 is 12.1. The predicted octanol–water partition coefficient (Wildman–Crippen LogP) is 6.33. The predicted molar refractivity (Wildman–Crippen MR) is 133 cm³/mol. The van der Waals surface area contributed by atoms with Gasteiger partial charge in [-0.25, -0.2) is 0 Å². The van der Waals surface area contributed by atoms with E-state index >= 15 is 0 Å². The Morgan fingerprint density at radius 2 is 1.66 bits per heavy atom. The number of benzene rings is 2. The molecule has 2 aliphatic heterocycles. The maximum atomic E-state index is 7.00. The van der Waals surface area contributed by atoms with Gasteiger partial charge in [0.25, 0.3) is 0 Å². The Hall–Kier alpha value is -2.04. The highest BCUT2D eigenvalue weighted by atomic mass is 16.5. The standard InChI is InChI=1S/C27H37NO2.CH4O/c1-5-21-6-8-23(9-7-21)28(18-19(2)3)24-10-11-26-25(17-24)20(4)16-27(30-26)22-12-14-29-15-13-22;1-2/h6-11,17,19-20,22,27H,5,12-16,18H2,1-4H3;2H,1H3. The second-order valence-electron chi connectivity index (χ2n) is 9.49. The van der Waals surface area contributed by atoms with Gasteiger partial charge in [-0.2, -0.15) is 0 Å². The van der Waals surface area contributed by atoms with Crippen LogP contribution in [0.5, 0.6) is 5.75 Å². The van der Waals surface area contributed by atoms with Crippen LogP contribution in [0.4, 0.5) is 11.4 Å². The zero-order chi connectivity index (χ0) is 23.1. The van der Waals surface area contributed by atoms with Crippen LogP contribution >= 0.6 is 0 Å². The normalized spacial score (nSPS) is 20.7. The third kappa shape index (κ3) is 5.85. The van der Waals surface area contributed by atoms with Gasteiger partial charge in [0.1, 0.15) is 11.9 Å². The molecule has 1 fully saturated rings. The van der Waals surface area contributed by atoms with E-state index < -0.39 is 0 Å². The first-order chi connectivity index (χ1) is 15.5. The highest BCUT2D eigenvalue weighted by Gasteiger charge is 2.33. The lowest BCUT2D eigenvalue weighted by Gasteiger charge is -2.37. The Balaban J connectivity index is 0.00000141. The highest BCUT2D eigenvalue weighted by Crippen LogP contribution is 2.42. The quantitative estimate of drug-likeness (QED) is 0.571. The molecule has 2 aromatic rings. The number of nitrogens with zero attached hydrogens (tertiary/aromatic N) is 1. The van der Waals surface area contributed by atoms with E-state index in [0.717, 1.165) is 58.3 Å². The second-order valence-corrected chi connectivity index (χ2v) is 9.49. The van der Waals surface area contributed by atoms with E-state index in [1.807, 2.05) is 0 Å². The Morgan fingerprint density at radius 1 is 1.00 bits per heavy atom. The number of fused-ring (bicyclic) bond motifs is 1. The number of anilines is 2. The van der Waals surface area contributed by atoms with Crippen LogP contribution in [0.15, 0.2) is 42.5 Å². The summed E-state index contributed by atoms with van der Waals surface area (Å²) in [5, 5.41) is 7.00. The molecule has 32 heavy (non-hydrogen) atoms. The van der Waals surface area contributed by atoms with Crippen molar-refractivity contribution in [1.29, 1.82) is 0 Å². The molecule has 2 unspecified atom stereocenters. The minimum Gasteiger partial charge on any atom is -0.490 e. The Kier molecular flexibility index (Phi) is 9.01. The number of aliphatic hydroxyl groups excluding tert-OH is 1. The number of aliphatic hydroxyl groups is 1. The van der Waals surface area contributed by atoms with Gasteiger partial charge in [-0.1, -0.05) is 39.8 Å². The monoisotopic (exact) mass is 439 g/mol. The number of hydrogen-bond donors (Lipinski definition) is 1. The van der Waals surface area contributed by atoms with Crippen molar-refractivity contribution >= 4 is 11.4 Å². The van der Waals surface area contributed by atoms with Crippen LogP contribution in [-0.2, 0) is 11.2 Å². The summed E-state index contributed by atoms with van der Waals surface area (Å²) in [7, 11) is 1.00. The SMILES string of the molecule is CCc1ccc(N(CC(C)C)c2ccc3c(c2)C(C)CC(C2CCOCC2)O3)cc1.CO. The fraction of sp³-hybridized carbons (Fsp3) is 0.571. The van der Waals surface area contributed by atoms with Gasteiger partial charge in [0.2, 0.25) is 0 Å². The molecule has 0 bridgehead atoms. The summed E-state index contributed by atoms with van der Waals surface area (Å²) in [4.78, 5) is 2.46. The van der Waals surface area contributed by atoms with Gasteiger partial charge in [0.05, 0.1) is 0 Å². The fourth-order valence-corrected chi connectivity index (χ4v) is 4.90. The Morgan fingerprint density at radius 3 is 2.28 bits per heavy atom. The van der Waals surface area contributed by atoms with Crippen molar-refractivity contribution in [2.45, 2.75) is 65.4 Å². The average molecular weight is 440 g/mol. The summed E-state index contributed by atoms with van der Waals surface area (Å²) in [5.74, 6) is 2.81. The van der Waals surface area contributed by atoms with Gasteiger partial charge in [-0.05, 0) is 79.0 Å². The Bertz CT molecular complexity index is 827. The molecule has 4 rings (SSSR count). The van der Waals surface area contributed by atoms with E-state index in [2.05, 4.69) is 75.1 Å². The maximum absolute atomic E-state index is 7.00.